The molecule has 0 spiro atoms. The molecule has 1 amide bonds. The number of rotatable bonds is 9. The normalized spacial score (nSPS) is 11.5. The SMILES string of the molecule is CCOc1cc(C)c(-c2nc3ccccc3c(=O)n2N=Cc2c(OCC(N)=O)ccc3ccccc23)cc1C(C)C. The van der Waals surface area contributed by atoms with Gasteiger partial charge in [-0.2, -0.15) is 9.78 Å². The molecular formula is C33H32N4O4. The first kappa shape index (κ1) is 27.6. The van der Waals surface area contributed by atoms with Gasteiger partial charge in [0.25, 0.3) is 11.5 Å². The Balaban J connectivity index is 1.76. The summed E-state index contributed by atoms with van der Waals surface area (Å²) >= 11 is 0. The molecule has 0 aliphatic rings. The third-order valence-corrected chi connectivity index (χ3v) is 6.88. The van der Waals surface area contributed by atoms with Gasteiger partial charge in [-0.15, -0.1) is 0 Å². The predicted molar refractivity (Wildman–Crippen MR) is 163 cm³/mol. The van der Waals surface area contributed by atoms with E-state index in [9.17, 15) is 9.59 Å². The maximum Gasteiger partial charge on any atom is 0.282 e. The zero-order valence-corrected chi connectivity index (χ0v) is 23.5. The van der Waals surface area contributed by atoms with Gasteiger partial charge in [-0.3, -0.25) is 9.59 Å². The standard InChI is InChI=1S/C33H32N4O4/c1-5-40-30-16-21(4)26(17-25(30)20(2)3)32-36-28-13-9-8-12-24(28)33(39)37(32)35-18-27-23-11-7-6-10-22(23)14-15-29(27)41-19-31(34)38/h6-18,20H,5,19H2,1-4H3,(H2,34,38). The Kier molecular flexibility index (Phi) is 7.83. The van der Waals surface area contributed by atoms with Gasteiger partial charge in [-0.05, 0) is 72.0 Å². The minimum Gasteiger partial charge on any atom is -0.494 e. The number of amides is 1. The highest BCUT2D eigenvalue weighted by Gasteiger charge is 2.19. The number of benzene rings is 4. The summed E-state index contributed by atoms with van der Waals surface area (Å²) in [6, 6.07) is 22.7. The highest BCUT2D eigenvalue weighted by molar-refractivity contribution is 6.02. The number of para-hydroxylation sites is 1. The van der Waals surface area contributed by atoms with Gasteiger partial charge >= 0.3 is 0 Å². The highest BCUT2D eigenvalue weighted by atomic mass is 16.5. The first-order valence-corrected chi connectivity index (χ1v) is 13.5. The fourth-order valence-corrected chi connectivity index (χ4v) is 4.87. The molecule has 8 nitrogen and oxygen atoms in total. The molecule has 1 aromatic heterocycles. The number of nitrogens with zero attached hydrogens (tertiary/aromatic N) is 3. The van der Waals surface area contributed by atoms with Crippen LogP contribution in [0.15, 0.2) is 82.7 Å². The van der Waals surface area contributed by atoms with Crippen LogP contribution in [-0.4, -0.2) is 35.0 Å². The number of nitrogens with two attached hydrogens (primary N) is 1. The summed E-state index contributed by atoms with van der Waals surface area (Å²) in [7, 11) is 0. The van der Waals surface area contributed by atoms with Crippen LogP contribution in [0.1, 0.15) is 43.4 Å². The van der Waals surface area contributed by atoms with Crippen molar-refractivity contribution in [1.29, 1.82) is 0 Å². The second-order valence-corrected chi connectivity index (χ2v) is 10.1. The van der Waals surface area contributed by atoms with E-state index in [-0.39, 0.29) is 18.1 Å². The van der Waals surface area contributed by atoms with Gasteiger partial charge in [0.05, 0.1) is 23.7 Å². The van der Waals surface area contributed by atoms with Crippen molar-refractivity contribution >= 4 is 33.8 Å². The molecule has 0 bridgehead atoms. The summed E-state index contributed by atoms with van der Waals surface area (Å²) in [6.07, 6.45) is 1.58. The number of fused-ring (bicyclic) bond motifs is 2. The number of hydrogen-bond acceptors (Lipinski definition) is 6. The summed E-state index contributed by atoms with van der Waals surface area (Å²) in [5.41, 5.74) is 8.92. The van der Waals surface area contributed by atoms with Gasteiger partial charge in [-0.1, -0.05) is 56.3 Å². The minimum absolute atomic E-state index is 0.181. The third-order valence-electron chi connectivity index (χ3n) is 6.88. The molecule has 5 rings (SSSR count). The molecule has 0 radical (unpaired) electrons. The summed E-state index contributed by atoms with van der Waals surface area (Å²) in [6.45, 7) is 8.39. The van der Waals surface area contributed by atoms with Crippen LogP contribution < -0.4 is 20.8 Å². The summed E-state index contributed by atoms with van der Waals surface area (Å²) in [4.78, 5) is 30.3. The van der Waals surface area contributed by atoms with Gasteiger partial charge in [0.1, 0.15) is 11.5 Å². The van der Waals surface area contributed by atoms with Crippen LogP contribution in [0.2, 0.25) is 0 Å². The predicted octanol–water partition coefficient (Wildman–Crippen LogP) is 5.79. The molecule has 5 aromatic rings. The zero-order valence-electron chi connectivity index (χ0n) is 23.5. The van der Waals surface area contributed by atoms with Crippen molar-refractivity contribution in [3.8, 4) is 22.9 Å². The van der Waals surface area contributed by atoms with E-state index in [1.807, 2.05) is 68.4 Å². The van der Waals surface area contributed by atoms with Crippen molar-refractivity contribution in [2.45, 2.75) is 33.6 Å². The highest BCUT2D eigenvalue weighted by Crippen LogP contribution is 2.34. The van der Waals surface area contributed by atoms with Crippen LogP contribution in [0.4, 0.5) is 0 Å². The first-order valence-electron chi connectivity index (χ1n) is 13.5. The maximum atomic E-state index is 13.9. The van der Waals surface area contributed by atoms with E-state index in [1.165, 1.54) is 4.68 Å². The molecule has 0 unspecified atom stereocenters. The van der Waals surface area contributed by atoms with Gasteiger partial charge in [0.15, 0.2) is 12.4 Å². The zero-order chi connectivity index (χ0) is 29.1. The average molecular weight is 549 g/mol. The van der Waals surface area contributed by atoms with Crippen LogP contribution >= 0.6 is 0 Å². The molecule has 0 saturated carbocycles. The van der Waals surface area contributed by atoms with E-state index < -0.39 is 5.91 Å². The fraction of sp³-hybridized carbons (Fsp3) is 0.212. The van der Waals surface area contributed by atoms with Crippen molar-refractivity contribution in [1.82, 2.24) is 9.66 Å². The van der Waals surface area contributed by atoms with Gasteiger partial charge in [0.2, 0.25) is 0 Å². The lowest BCUT2D eigenvalue weighted by molar-refractivity contribution is -0.119. The first-order chi connectivity index (χ1) is 19.8. The summed E-state index contributed by atoms with van der Waals surface area (Å²) < 4.78 is 13.0. The lowest BCUT2D eigenvalue weighted by Crippen LogP contribution is -2.21. The van der Waals surface area contributed by atoms with Crippen LogP contribution in [-0.2, 0) is 4.79 Å². The Hall–Kier alpha value is -4.98. The number of primary amides is 1. The Morgan fingerprint density at radius 1 is 1.00 bits per heavy atom. The van der Waals surface area contributed by atoms with Crippen LogP contribution in [0.3, 0.4) is 0 Å². The molecule has 4 aromatic carbocycles. The van der Waals surface area contributed by atoms with E-state index in [4.69, 9.17) is 25.3 Å². The average Bonchev–Trinajstić information content (AvgIpc) is 2.96. The summed E-state index contributed by atoms with van der Waals surface area (Å²) in [5.74, 6) is 1.24. The lowest BCUT2D eigenvalue weighted by Gasteiger charge is -2.18. The molecule has 2 N–H and O–H groups in total. The number of hydrogen-bond donors (Lipinski definition) is 1. The number of carbonyl (C=O) groups is 1. The fourth-order valence-electron chi connectivity index (χ4n) is 4.87. The van der Waals surface area contributed by atoms with Crippen LogP contribution in [0.25, 0.3) is 33.1 Å². The van der Waals surface area contributed by atoms with E-state index in [0.29, 0.717) is 34.6 Å². The van der Waals surface area contributed by atoms with E-state index in [1.54, 1.807) is 24.4 Å². The quantitative estimate of drug-likeness (QED) is 0.234. The summed E-state index contributed by atoms with van der Waals surface area (Å²) in [5, 5.41) is 6.95. The number of aromatic nitrogens is 2. The van der Waals surface area contributed by atoms with Crippen molar-refractivity contribution in [3.63, 3.8) is 0 Å². The van der Waals surface area contributed by atoms with E-state index in [2.05, 4.69) is 13.8 Å². The molecule has 0 aliphatic carbocycles. The third kappa shape index (κ3) is 5.54. The minimum atomic E-state index is -0.592. The molecular weight excluding hydrogens is 516 g/mol. The monoisotopic (exact) mass is 548 g/mol. The smallest absolute Gasteiger partial charge is 0.282 e. The number of ether oxygens (including phenoxy) is 2. The van der Waals surface area contributed by atoms with Gasteiger partial charge in [0, 0.05) is 11.1 Å². The van der Waals surface area contributed by atoms with Gasteiger partial charge < -0.3 is 15.2 Å². The Morgan fingerprint density at radius 2 is 1.73 bits per heavy atom. The molecule has 1 heterocycles. The molecule has 0 saturated heterocycles. The molecule has 208 valence electrons. The molecule has 41 heavy (non-hydrogen) atoms. The van der Waals surface area contributed by atoms with Crippen LogP contribution in [0.5, 0.6) is 11.5 Å². The molecule has 8 heteroatoms. The van der Waals surface area contributed by atoms with Crippen molar-refractivity contribution in [2.24, 2.45) is 10.8 Å². The number of carbonyl (C=O) groups excluding carboxylic acids is 1. The van der Waals surface area contributed by atoms with Gasteiger partial charge in [-0.25, -0.2) is 4.98 Å². The Bertz CT molecular complexity index is 1860. The Morgan fingerprint density at radius 3 is 2.46 bits per heavy atom. The maximum absolute atomic E-state index is 13.9. The van der Waals surface area contributed by atoms with E-state index >= 15 is 0 Å². The van der Waals surface area contributed by atoms with Crippen molar-refractivity contribution in [2.75, 3.05) is 13.2 Å². The van der Waals surface area contributed by atoms with Crippen molar-refractivity contribution in [3.05, 3.63) is 99.8 Å². The largest absolute Gasteiger partial charge is 0.494 e. The Labute approximate surface area is 238 Å². The molecule has 0 aliphatic heterocycles. The van der Waals surface area contributed by atoms with Crippen molar-refractivity contribution < 1.29 is 14.3 Å². The number of aryl methyl sites for hydroxylation is 1. The topological polar surface area (TPSA) is 109 Å². The van der Waals surface area contributed by atoms with Crippen LogP contribution in [0, 0.1) is 6.92 Å². The van der Waals surface area contributed by atoms with E-state index in [0.717, 1.165) is 33.2 Å². The lowest BCUT2D eigenvalue weighted by atomic mass is 9.96. The second kappa shape index (κ2) is 11.6. The molecule has 0 atom stereocenters. The second-order valence-electron chi connectivity index (χ2n) is 10.1. The molecule has 0 fully saturated rings.